The van der Waals surface area contributed by atoms with Gasteiger partial charge in [0.25, 0.3) is 0 Å². The minimum absolute atomic E-state index is 0.483. The van der Waals surface area contributed by atoms with Crippen LogP contribution in [-0.2, 0) is 6.54 Å². The first kappa shape index (κ1) is 11.6. The first-order valence-electron chi connectivity index (χ1n) is 5.76. The molecule has 1 unspecified atom stereocenters. The second kappa shape index (κ2) is 4.93. The summed E-state index contributed by atoms with van der Waals surface area (Å²) in [5.74, 6) is 0.832. The van der Waals surface area contributed by atoms with Gasteiger partial charge in [0.2, 0.25) is 0 Å². The topological polar surface area (TPSA) is 29.3 Å². The van der Waals surface area contributed by atoms with Gasteiger partial charge in [0.1, 0.15) is 4.99 Å². The Bertz CT molecular complexity index is 389. The molecule has 16 heavy (non-hydrogen) atoms. The average Bonchev–Trinajstić information content (AvgIpc) is 2.64. The van der Waals surface area contributed by atoms with Crippen molar-refractivity contribution in [3.63, 3.8) is 0 Å². The fourth-order valence-corrected chi connectivity index (χ4v) is 2.38. The number of rotatable bonds is 3. The van der Waals surface area contributed by atoms with E-state index in [2.05, 4.69) is 24.0 Å². The summed E-state index contributed by atoms with van der Waals surface area (Å²) >= 11 is 4.99. The summed E-state index contributed by atoms with van der Waals surface area (Å²) in [4.78, 5) is 2.97. The van der Waals surface area contributed by atoms with E-state index in [4.69, 9.17) is 18.0 Å². The molecule has 2 rings (SSSR count). The maximum absolute atomic E-state index is 5.63. The molecular formula is C13H18N2S. The molecule has 2 nitrogen and oxygen atoms in total. The summed E-state index contributed by atoms with van der Waals surface area (Å²) in [6, 6.07) is 8.25. The highest BCUT2D eigenvalue weighted by molar-refractivity contribution is 7.80. The molecule has 0 aliphatic carbocycles. The Kier molecular flexibility index (Phi) is 3.56. The Morgan fingerprint density at radius 2 is 2.38 bits per heavy atom. The SMILES string of the molecule is CC1CCN(Cc2cccc(C(N)=S)c2)C1. The fraction of sp³-hybridized carbons (Fsp3) is 0.462. The molecule has 0 bridgehead atoms. The van der Waals surface area contributed by atoms with E-state index in [-0.39, 0.29) is 0 Å². The third kappa shape index (κ3) is 2.80. The smallest absolute Gasteiger partial charge is 0.103 e. The number of thiocarbonyl (C=S) groups is 1. The molecule has 0 aromatic heterocycles. The number of likely N-dealkylation sites (tertiary alicyclic amines) is 1. The lowest BCUT2D eigenvalue weighted by Gasteiger charge is -2.15. The van der Waals surface area contributed by atoms with Crippen LogP contribution in [0.2, 0.25) is 0 Å². The highest BCUT2D eigenvalue weighted by Crippen LogP contribution is 2.18. The van der Waals surface area contributed by atoms with Crippen molar-refractivity contribution in [3.8, 4) is 0 Å². The molecule has 1 atom stereocenters. The predicted molar refractivity (Wildman–Crippen MR) is 71.4 cm³/mol. The van der Waals surface area contributed by atoms with Gasteiger partial charge in [0.05, 0.1) is 0 Å². The molecule has 0 saturated carbocycles. The van der Waals surface area contributed by atoms with Crippen LogP contribution >= 0.6 is 12.2 Å². The van der Waals surface area contributed by atoms with Gasteiger partial charge in [-0.3, -0.25) is 4.90 Å². The molecule has 1 heterocycles. The van der Waals surface area contributed by atoms with Crippen molar-refractivity contribution in [2.24, 2.45) is 11.7 Å². The van der Waals surface area contributed by atoms with Crippen molar-refractivity contribution in [2.45, 2.75) is 19.9 Å². The van der Waals surface area contributed by atoms with Crippen LogP contribution in [0.25, 0.3) is 0 Å². The van der Waals surface area contributed by atoms with E-state index in [0.717, 1.165) is 18.0 Å². The van der Waals surface area contributed by atoms with Crippen LogP contribution < -0.4 is 5.73 Å². The van der Waals surface area contributed by atoms with Gasteiger partial charge >= 0.3 is 0 Å². The zero-order chi connectivity index (χ0) is 11.5. The van der Waals surface area contributed by atoms with Gasteiger partial charge in [-0.1, -0.05) is 37.3 Å². The van der Waals surface area contributed by atoms with Gasteiger partial charge in [-0.15, -0.1) is 0 Å². The quantitative estimate of drug-likeness (QED) is 0.813. The van der Waals surface area contributed by atoms with Crippen molar-refractivity contribution < 1.29 is 0 Å². The van der Waals surface area contributed by atoms with E-state index in [1.165, 1.54) is 25.1 Å². The Morgan fingerprint density at radius 3 is 3.00 bits per heavy atom. The van der Waals surface area contributed by atoms with Crippen LogP contribution in [-0.4, -0.2) is 23.0 Å². The molecule has 0 spiro atoms. The number of benzene rings is 1. The van der Waals surface area contributed by atoms with Crippen LogP contribution in [0.1, 0.15) is 24.5 Å². The van der Waals surface area contributed by atoms with Crippen LogP contribution in [0.15, 0.2) is 24.3 Å². The van der Waals surface area contributed by atoms with Crippen molar-refractivity contribution in [1.82, 2.24) is 4.90 Å². The van der Waals surface area contributed by atoms with E-state index >= 15 is 0 Å². The normalized spacial score (nSPS) is 21.2. The zero-order valence-corrected chi connectivity index (χ0v) is 10.5. The van der Waals surface area contributed by atoms with E-state index in [1.54, 1.807) is 0 Å². The maximum Gasteiger partial charge on any atom is 0.103 e. The van der Waals surface area contributed by atoms with Gasteiger partial charge in [0, 0.05) is 18.7 Å². The number of hydrogen-bond acceptors (Lipinski definition) is 2. The zero-order valence-electron chi connectivity index (χ0n) is 9.65. The minimum atomic E-state index is 0.483. The second-order valence-corrected chi connectivity index (χ2v) is 5.13. The maximum atomic E-state index is 5.63. The molecular weight excluding hydrogens is 216 g/mol. The third-order valence-electron chi connectivity index (χ3n) is 3.13. The van der Waals surface area contributed by atoms with Crippen LogP contribution in [0, 0.1) is 5.92 Å². The fourth-order valence-electron chi connectivity index (χ4n) is 2.25. The molecule has 2 N–H and O–H groups in total. The lowest BCUT2D eigenvalue weighted by Crippen LogP contribution is -2.20. The Balaban J connectivity index is 2.04. The van der Waals surface area contributed by atoms with Crippen molar-refractivity contribution in [1.29, 1.82) is 0 Å². The van der Waals surface area contributed by atoms with Crippen LogP contribution in [0.4, 0.5) is 0 Å². The summed E-state index contributed by atoms with van der Waals surface area (Å²) in [6.45, 7) is 5.74. The Morgan fingerprint density at radius 1 is 1.56 bits per heavy atom. The molecule has 1 saturated heterocycles. The lowest BCUT2D eigenvalue weighted by molar-refractivity contribution is 0.320. The summed E-state index contributed by atoms with van der Waals surface area (Å²) in [5, 5.41) is 0. The van der Waals surface area contributed by atoms with Gasteiger partial charge < -0.3 is 5.73 Å². The first-order valence-corrected chi connectivity index (χ1v) is 6.17. The molecule has 3 heteroatoms. The van der Waals surface area contributed by atoms with Gasteiger partial charge in [-0.25, -0.2) is 0 Å². The minimum Gasteiger partial charge on any atom is -0.389 e. The number of nitrogens with two attached hydrogens (primary N) is 1. The Hall–Kier alpha value is -0.930. The summed E-state index contributed by atoms with van der Waals surface area (Å²) < 4.78 is 0. The van der Waals surface area contributed by atoms with Crippen molar-refractivity contribution in [2.75, 3.05) is 13.1 Å². The second-order valence-electron chi connectivity index (χ2n) is 4.69. The molecule has 86 valence electrons. The standard InChI is InChI=1S/C13H18N2S/c1-10-5-6-15(8-10)9-11-3-2-4-12(7-11)13(14)16/h2-4,7,10H,5-6,8-9H2,1H3,(H2,14,16). The van der Waals surface area contributed by atoms with Gasteiger partial charge in [-0.05, 0) is 30.5 Å². The largest absolute Gasteiger partial charge is 0.389 e. The third-order valence-corrected chi connectivity index (χ3v) is 3.36. The Labute approximate surface area is 102 Å². The van der Waals surface area contributed by atoms with Crippen molar-refractivity contribution >= 4 is 17.2 Å². The monoisotopic (exact) mass is 234 g/mol. The van der Waals surface area contributed by atoms with E-state index in [0.29, 0.717) is 4.99 Å². The van der Waals surface area contributed by atoms with Crippen LogP contribution in [0.5, 0.6) is 0 Å². The molecule has 1 aliphatic rings. The summed E-state index contributed by atoms with van der Waals surface area (Å²) in [6.07, 6.45) is 1.31. The van der Waals surface area contributed by atoms with E-state index < -0.39 is 0 Å². The van der Waals surface area contributed by atoms with Crippen molar-refractivity contribution in [3.05, 3.63) is 35.4 Å². The molecule has 1 aliphatic heterocycles. The summed E-state index contributed by atoms with van der Waals surface area (Å²) in [7, 11) is 0. The summed E-state index contributed by atoms with van der Waals surface area (Å²) in [5.41, 5.74) is 7.91. The average molecular weight is 234 g/mol. The molecule has 1 fully saturated rings. The van der Waals surface area contributed by atoms with Crippen LogP contribution in [0.3, 0.4) is 0 Å². The highest BCUT2D eigenvalue weighted by atomic mass is 32.1. The first-order chi connectivity index (χ1) is 7.65. The predicted octanol–water partition coefficient (Wildman–Crippen LogP) is 2.16. The molecule has 0 radical (unpaired) electrons. The van der Waals surface area contributed by atoms with Gasteiger partial charge in [-0.2, -0.15) is 0 Å². The molecule has 0 amide bonds. The van der Waals surface area contributed by atoms with E-state index in [1.807, 2.05) is 12.1 Å². The highest BCUT2D eigenvalue weighted by Gasteiger charge is 2.18. The molecule has 1 aromatic rings. The number of hydrogen-bond donors (Lipinski definition) is 1. The van der Waals surface area contributed by atoms with E-state index in [9.17, 15) is 0 Å². The number of nitrogens with zero attached hydrogens (tertiary/aromatic N) is 1. The van der Waals surface area contributed by atoms with Gasteiger partial charge in [0.15, 0.2) is 0 Å². The lowest BCUT2D eigenvalue weighted by atomic mass is 10.1. The molecule has 1 aromatic carbocycles.